The van der Waals surface area contributed by atoms with Crippen molar-refractivity contribution in [2.45, 2.75) is 44.6 Å². The first-order valence-electron chi connectivity index (χ1n) is 9.53. The van der Waals surface area contributed by atoms with Crippen molar-refractivity contribution in [3.63, 3.8) is 0 Å². The number of morpholine rings is 1. The maximum Gasteiger partial charge on any atom is 0.149 e. The van der Waals surface area contributed by atoms with Crippen LogP contribution < -0.4 is 9.64 Å². The van der Waals surface area contributed by atoms with Crippen LogP contribution in [0.5, 0.6) is 5.75 Å². The number of aromatic nitrogens is 2. The topological polar surface area (TPSA) is 62.8 Å². The van der Waals surface area contributed by atoms with Gasteiger partial charge in [-0.1, -0.05) is 6.92 Å². The highest BCUT2D eigenvalue weighted by Gasteiger charge is 2.53. The Morgan fingerprint density at radius 2 is 2.00 bits per heavy atom. The Balaban J connectivity index is 1.58. The van der Waals surface area contributed by atoms with Crippen LogP contribution in [0.1, 0.15) is 44.6 Å². The van der Waals surface area contributed by atoms with Crippen molar-refractivity contribution in [2.75, 3.05) is 31.2 Å². The van der Waals surface area contributed by atoms with Gasteiger partial charge in [-0.15, -0.1) is 0 Å². The van der Waals surface area contributed by atoms with E-state index < -0.39 is 0 Å². The fraction of sp³-hybridized carbons (Fsp3) is 0.600. The molecule has 6 heteroatoms. The molecule has 2 bridgehead atoms. The molecule has 0 unspecified atom stereocenters. The van der Waals surface area contributed by atoms with E-state index in [9.17, 15) is 5.26 Å². The number of pyridine rings is 1. The monoisotopic (exact) mass is 352 g/mol. The Morgan fingerprint density at radius 3 is 2.65 bits per heavy atom. The molecular formula is C20H24N4O2. The normalized spacial score (nSPS) is 30.7. The summed E-state index contributed by atoms with van der Waals surface area (Å²) < 4.78 is 14.0. The first kappa shape index (κ1) is 16.0. The highest BCUT2D eigenvalue weighted by molar-refractivity contribution is 5.72. The van der Waals surface area contributed by atoms with Crippen LogP contribution in [0, 0.1) is 16.7 Å². The molecule has 0 aromatic carbocycles. The first-order valence-corrected chi connectivity index (χ1v) is 9.53. The largest absolute Gasteiger partial charge is 0.485 e. The Morgan fingerprint density at radius 1 is 1.23 bits per heavy atom. The Labute approximate surface area is 153 Å². The molecule has 136 valence electrons. The molecule has 3 heterocycles. The molecule has 0 N–H and O–H groups in total. The van der Waals surface area contributed by atoms with Gasteiger partial charge in [-0.25, -0.2) is 4.52 Å². The van der Waals surface area contributed by atoms with E-state index in [1.165, 1.54) is 12.8 Å². The van der Waals surface area contributed by atoms with E-state index in [1.807, 2.05) is 6.20 Å². The van der Waals surface area contributed by atoms with Crippen molar-refractivity contribution in [2.24, 2.45) is 5.41 Å². The van der Waals surface area contributed by atoms with Gasteiger partial charge in [-0.05, 0) is 37.5 Å². The third-order valence-corrected chi connectivity index (χ3v) is 6.50. The van der Waals surface area contributed by atoms with Gasteiger partial charge in [-0.3, -0.25) is 0 Å². The van der Waals surface area contributed by atoms with Gasteiger partial charge in [0.05, 0.1) is 31.3 Å². The molecule has 1 saturated heterocycles. The first-order chi connectivity index (χ1) is 12.6. The quantitative estimate of drug-likeness (QED) is 0.849. The third-order valence-electron chi connectivity index (χ3n) is 6.50. The fourth-order valence-electron chi connectivity index (χ4n) is 5.04. The Kier molecular flexibility index (Phi) is 3.45. The minimum atomic E-state index is -0.0735. The second-order valence-electron chi connectivity index (χ2n) is 8.40. The molecule has 6 nitrogen and oxygen atoms in total. The Bertz CT molecular complexity index is 883. The van der Waals surface area contributed by atoms with E-state index in [4.69, 9.17) is 9.47 Å². The van der Waals surface area contributed by atoms with E-state index in [-0.39, 0.29) is 5.60 Å². The van der Waals surface area contributed by atoms with Crippen molar-refractivity contribution in [3.05, 3.63) is 24.0 Å². The standard InChI is InChI=1S/C20H24N4O2/c1-19-2-4-20(14-19,5-3-19)26-17-10-16(23-6-8-25-9-7-23)13-24-18(17)15(11-21)12-22-24/h10,12-13H,2-9,14H2,1H3. The zero-order valence-corrected chi connectivity index (χ0v) is 15.2. The molecule has 3 aliphatic rings. The van der Waals surface area contributed by atoms with Crippen LogP contribution in [0.4, 0.5) is 5.69 Å². The number of hydrogen-bond acceptors (Lipinski definition) is 5. The molecule has 0 spiro atoms. The van der Waals surface area contributed by atoms with E-state index in [0.29, 0.717) is 11.0 Å². The van der Waals surface area contributed by atoms with Crippen LogP contribution in [0.25, 0.3) is 5.52 Å². The molecule has 0 amide bonds. The summed E-state index contributed by atoms with van der Waals surface area (Å²) in [7, 11) is 0. The molecule has 2 aromatic heterocycles. The average molecular weight is 352 g/mol. The summed E-state index contributed by atoms with van der Waals surface area (Å²) in [6.07, 6.45) is 9.42. The molecule has 3 fully saturated rings. The molecule has 0 radical (unpaired) electrons. The SMILES string of the molecule is CC12CCC(Oc3cc(N4CCOCC4)cn4ncc(C#N)c34)(CC1)C2. The highest BCUT2D eigenvalue weighted by atomic mass is 16.5. The van der Waals surface area contributed by atoms with Crippen LogP contribution in [0.3, 0.4) is 0 Å². The van der Waals surface area contributed by atoms with E-state index in [0.717, 1.165) is 62.5 Å². The lowest BCUT2D eigenvalue weighted by atomic mass is 9.87. The summed E-state index contributed by atoms with van der Waals surface area (Å²) in [4.78, 5) is 2.30. The molecular weight excluding hydrogens is 328 g/mol. The smallest absolute Gasteiger partial charge is 0.149 e. The molecule has 2 saturated carbocycles. The van der Waals surface area contributed by atoms with Crippen molar-refractivity contribution < 1.29 is 9.47 Å². The number of nitrogens with zero attached hydrogens (tertiary/aromatic N) is 4. The minimum absolute atomic E-state index is 0.0735. The lowest BCUT2D eigenvalue weighted by Gasteiger charge is -2.31. The zero-order chi connectivity index (χ0) is 17.8. The Hall–Kier alpha value is -2.26. The summed E-state index contributed by atoms with van der Waals surface area (Å²) in [6.45, 7) is 5.57. The van der Waals surface area contributed by atoms with Crippen molar-refractivity contribution in [1.82, 2.24) is 9.61 Å². The molecule has 1 aliphatic heterocycles. The van der Waals surface area contributed by atoms with Crippen LogP contribution in [0.2, 0.25) is 0 Å². The van der Waals surface area contributed by atoms with Gasteiger partial charge in [0.15, 0.2) is 0 Å². The predicted octanol–water partition coefficient (Wildman–Crippen LogP) is 3.14. The number of nitriles is 1. The molecule has 26 heavy (non-hydrogen) atoms. The van der Waals surface area contributed by atoms with Gasteiger partial charge in [0.1, 0.15) is 28.5 Å². The zero-order valence-electron chi connectivity index (χ0n) is 15.2. The summed E-state index contributed by atoms with van der Waals surface area (Å²) in [5.74, 6) is 0.800. The summed E-state index contributed by atoms with van der Waals surface area (Å²) in [6, 6.07) is 4.37. The maximum absolute atomic E-state index is 9.51. The van der Waals surface area contributed by atoms with Gasteiger partial charge in [-0.2, -0.15) is 10.4 Å². The minimum Gasteiger partial charge on any atom is -0.485 e. The molecule has 2 aliphatic carbocycles. The number of anilines is 1. The predicted molar refractivity (Wildman–Crippen MR) is 97.5 cm³/mol. The number of fused-ring (bicyclic) bond motifs is 3. The van der Waals surface area contributed by atoms with E-state index in [2.05, 4.69) is 29.1 Å². The summed E-state index contributed by atoms with van der Waals surface area (Å²) in [5.41, 5.74) is 2.80. The van der Waals surface area contributed by atoms with Crippen LogP contribution >= 0.6 is 0 Å². The second kappa shape index (κ2) is 5.62. The van der Waals surface area contributed by atoms with Gasteiger partial charge in [0, 0.05) is 19.2 Å². The lowest BCUT2D eigenvalue weighted by Crippen LogP contribution is -2.36. The van der Waals surface area contributed by atoms with Gasteiger partial charge >= 0.3 is 0 Å². The average Bonchev–Trinajstić information content (AvgIpc) is 3.32. The molecule has 5 rings (SSSR count). The second-order valence-corrected chi connectivity index (χ2v) is 8.40. The van der Waals surface area contributed by atoms with Gasteiger partial charge in [0.25, 0.3) is 0 Å². The number of rotatable bonds is 3. The van der Waals surface area contributed by atoms with Crippen molar-refractivity contribution in [3.8, 4) is 11.8 Å². The number of ether oxygens (including phenoxy) is 2. The summed E-state index contributed by atoms with van der Waals surface area (Å²) >= 11 is 0. The van der Waals surface area contributed by atoms with Crippen LogP contribution in [-0.4, -0.2) is 41.5 Å². The van der Waals surface area contributed by atoms with Crippen LogP contribution in [-0.2, 0) is 4.74 Å². The van der Waals surface area contributed by atoms with Crippen molar-refractivity contribution in [1.29, 1.82) is 5.26 Å². The lowest BCUT2D eigenvalue weighted by molar-refractivity contribution is 0.0815. The number of hydrogen-bond donors (Lipinski definition) is 0. The fourth-order valence-corrected chi connectivity index (χ4v) is 5.04. The molecule has 2 aromatic rings. The highest BCUT2D eigenvalue weighted by Crippen LogP contribution is 2.58. The molecule has 0 atom stereocenters. The maximum atomic E-state index is 9.51. The van der Waals surface area contributed by atoms with Crippen LogP contribution in [0.15, 0.2) is 18.5 Å². The third kappa shape index (κ3) is 2.45. The van der Waals surface area contributed by atoms with Crippen molar-refractivity contribution >= 4 is 11.2 Å². The van der Waals surface area contributed by atoms with Gasteiger partial charge in [0.2, 0.25) is 0 Å². The van der Waals surface area contributed by atoms with E-state index in [1.54, 1.807) is 10.7 Å². The summed E-state index contributed by atoms with van der Waals surface area (Å²) in [5, 5.41) is 13.9. The van der Waals surface area contributed by atoms with Gasteiger partial charge < -0.3 is 14.4 Å². The van der Waals surface area contributed by atoms with E-state index >= 15 is 0 Å².